The zero-order chi connectivity index (χ0) is 20.8. The lowest BCUT2D eigenvalue weighted by Crippen LogP contribution is -2.38. The molecule has 2 aliphatic rings. The van der Waals surface area contributed by atoms with Crippen LogP contribution in [0.15, 0.2) is 60.7 Å². The van der Waals surface area contributed by atoms with E-state index in [0.717, 1.165) is 37.7 Å². The maximum Gasteiger partial charge on any atom is 0.290 e. The molecule has 0 spiro atoms. The van der Waals surface area contributed by atoms with E-state index in [-0.39, 0.29) is 6.47 Å². The summed E-state index contributed by atoms with van der Waals surface area (Å²) in [6, 6.07) is 22.1. The monoisotopic (exact) mass is 406 g/mol. The van der Waals surface area contributed by atoms with E-state index in [0.29, 0.717) is 12.1 Å². The van der Waals surface area contributed by atoms with Crippen molar-refractivity contribution in [1.29, 1.82) is 0 Å². The van der Waals surface area contributed by atoms with Crippen LogP contribution in [0.4, 0.5) is 5.95 Å². The second-order valence-corrected chi connectivity index (χ2v) is 7.51. The molecule has 2 fully saturated rings. The number of hydrogen-bond donors (Lipinski definition) is 1. The molecule has 1 aromatic heterocycles. The number of likely N-dealkylation sites (tertiary alicyclic amines) is 1. The van der Waals surface area contributed by atoms with Crippen LogP contribution in [0.3, 0.4) is 0 Å². The smallest absolute Gasteiger partial charge is 0.290 e. The van der Waals surface area contributed by atoms with Gasteiger partial charge in [-0.3, -0.25) is 9.69 Å². The number of anilines is 1. The Balaban J connectivity index is 0.000000687. The summed E-state index contributed by atoms with van der Waals surface area (Å²) in [5, 5.41) is 19.5. The van der Waals surface area contributed by atoms with Gasteiger partial charge in [0.15, 0.2) is 0 Å². The van der Waals surface area contributed by atoms with Crippen LogP contribution in [0.2, 0.25) is 0 Å². The third-order valence-electron chi connectivity index (χ3n) is 5.93. The molecule has 0 saturated carbocycles. The number of carbonyl (C=O) groups is 1. The molecule has 2 aliphatic heterocycles. The Labute approximate surface area is 175 Å². The third kappa shape index (κ3) is 4.18. The van der Waals surface area contributed by atoms with Gasteiger partial charge in [0, 0.05) is 31.7 Å². The van der Waals surface area contributed by atoms with Crippen molar-refractivity contribution in [2.75, 3.05) is 24.5 Å². The van der Waals surface area contributed by atoms with Crippen LogP contribution in [-0.2, 0) is 11.2 Å². The highest BCUT2D eigenvalue weighted by molar-refractivity contribution is 5.43. The van der Waals surface area contributed by atoms with Gasteiger partial charge in [-0.2, -0.15) is 4.68 Å². The lowest BCUT2D eigenvalue weighted by Gasteiger charge is -2.25. The van der Waals surface area contributed by atoms with Crippen molar-refractivity contribution in [1.82, 2.24) is 25.1 Å². The number of hydrogen-bond acceptors (Lipinski definition) is 6. The zero-order valence-electron chi connectivity index (χ0n) is 16.8. The van der Waals surface area contributed by atoms with E-state index >= 15 is 0 Å². The van der Waals surface area contributed by atoms with Crippen molar-refractivity contribution in [2.45, 2.75) is 31.3 Å². The van der Waals surface area contributed by atoms with Crippen LogP contribution in [0, 0.1) is 0 Å². The molecule has 2 atom stereocenters. The van der Waals surface area contributed by atoms with Crippen LogP contribution in [0.25, 0.3) is 5.69 Å². The summed E-state index contributed by atoms with van der Waals surface area (Å²) in [5.41, 5.74) is 2.43. The van der Waals surface area contributed by atoms with Crippen LogP contribution < -0.4 is 4.90 Å². The summed E-state index contributed by atoms with van der Waals surface area (Å²) in [7, 11) is 0. The molecule has 5 rings (SSSR count). The first-order valence-corrected chi connectivity index (χ1v) is 10.3. The summed E-state index contributed by atoms with van der Waals surface area (Å²) >= 11 is 0. The van der Waals surface area contributed by atoms with Crippen LogP contribution in [0.1, 0.15) is 18.4 Å². The van der Waals surface area contributed by atoms with Crippen molar-refractivity contribution in [3.05, 3.63) is 66.2 Å². The first kappa shape index (κ1) is 20.0. The Bertz CT molecular complexity index is 933. The largest absolute Gasteiger partial charge is 0.483 e. The van der Waals surface area contributed by atoms with E-state index in [9.17, 15) is 0 Å². The molecular formula is C22H26N6O2. The maximum absolute atomic E-state index is 8.36. The SMILES string of the molecule is O=CO.c1ccc(CCN2CC[C@H]3[C@@H]2CCN3c2nnnn2-c2ccccc2)cc1. The van der Waals surface area contributed by atoms with E-state index in [4.69, 9.17) is 9.90 Å². The minimum absolute atomic E-state index is 0.250. The van der Waals surface area contributed by atoms with E-state index in [2.05, 4.69) is 55.7 Å². The van der Waals surface area contributed by atoms with Gasteiger partial charge in [0.2, 0.25) is 0 Å². The van der Waals surface area contributed by atoms with Gasteiger partial charge in [-0.1, -0.05) is 53.6 Å². The predicted molar refractivity (Wildman–Crippen MR) is 114 cm³/mol. The van der Waals surface area contributed by atoms with Gasteiger partial charge in [-0.15, -0.1) is 0 Å². The number of benzene rings is 2. The minimum atomic E-state index is -0.250. The summed E-state index contributed by atoms with van der Waals surface area (Å²) in [5.74, 6) is 0.874. The first-order valence-electron chi connectivity index (χ1n) is 10.3. The van der Waals surface area contributed by atoms with E-state index in [1.165, 1.54) is 18.4 Å². The molecule has 2 aromatic carbocycles. The molecule has 3 aromatic rings. The van der Waals surface area contributed by atoms with Crippen LogP contribution in [-0.4, -0.2) is 68.4 Å². The molecule has 0 aliphatic carbocycles. The average molecular weight is 406 g/mol. The number of aromatic nitrogens is 4. The lowest BCUT2D eigenvalue weighted by atomic mass is 10.1. The molecule has 156 valence electrons. The summed E-state index contributed by atoms with van der Waals surface area (Å²) in [6.45, 7) is 3.05. The van der Waals surface area contributed by atoms with Gasteiger partial charge in [-0.05, 0) is 47.4 Å². The molecular weight excluding hydrogens is 380 g/mol. The first-order chi connectivity index (χ1) is 14.8. The molecule has 2 saturated heterocycles. The Morgan fingerprint density at radius 2 is 1.63 bits per heavy atom. The summed E-state index contributed by atoms with van der Waals surface area (Å²) in [4.78, 5) is 13.4. The van der Waals surface area contributed by atoms with E-state index in [1.807, 2.05) is 35.0 Å². The van der Waals surface area contributed by atoms with Gasteiger partial charge in [0.1, 0.15) is 0 Å². The standard InChI is InChI=1S/C21H24N6.CH2O2/c1-3-7-17(8-4-1)11-14-25-15-12-20-19(25)13-16-26(20)21-22-23-24-27(21)18-9-5-2-6-10-18;2-1-3/h1-10,19-20H,11-16H2;1H,(H,2,3)/t19-,20-;/m0./s1. The van der Waals surface area contributed by atoms with Gasteiger partial charge < -0.3 is 10.0 Å². The van der Waals surface area contributed by atoms with Crippen molar-refractivity contribution >= 4 is 12.4 Å². The number of tetrazole rings is 1. The molecule has 8 heteroatoms. The molecule has 8 nitrogen and oxygen atoms in total. The summed E-state index contributed by atoms with van der Waals surface area (Å²) < 4.78 is 1.87. The number of carboxylic acid groups (broad SMARTS) is 1. The number of para-hydroxylation sites is 1. The second-order valence-electron chi connectivity index (χ2n) is 7.51. The average Bonchev–Trinajstić information content (AvgIpc) is 3.51. The van der Waals surface area contributed by atoms with Crippen molar-refractivity contribution in [2.24, 2.45) is 0 Å². The Kier molecular flexibility index (Phi) is 6.34. The number of nitrogens with zero attached hydrogens (tertiary/aromatic N) is 6. The fourth-order valence-electron chi connectivity index (χ4n) is 4.62. The van der Waals surface area contributed by atoms with Crippen molar-refractivity contribution in [3.63, 3.8) is 0 Å². The zero-order valence-corrected chi connectivity index (χ0v) is 16.8. The van der Waals surface area contributed by atoms with Crippen molar-refractivity contribution in [3.8, 4) is 5.69 Å². The topological polar surface area (TPSA) is 87.4 Å². The molecule has 0 amide bonds. The molecule has 30 heavy (non-hydrogen) atoms. The van der Waals surface area contributed by atoms with E-state index < -0.39 is 0 Å². The predicted octanol–water partition coefficient (Wildman–Crippen LogP) is 2.26. The van der Waals surface area contributed by atoms with Crippen LogP contribution in [0.5, 0.6) is 0 Å². The molecule has 1 N–H and O–H groups in total. The maximum atomic E-state index is 8.36. The molecule has 3 heterocycles. The fraction of sp³-hybridized carbons (Fsp3) is 0.364. The molecule has 0 unspecified atom stereocenters. The molecule has 0 bridgehead atoms. The quantitative estimate of drug-likeness (QED) is 0.650. The lowest BCUT2D eigenvalue weighted by molar-refractivity contribution is -0.122. The number of fused-ring (bicyclic) bond motifs is 1. The van der Waals surface area contributed by atoms with Gasteiger partial charge in [0.25, 0.3) is 12.4 Å². The normalized spacial score (nSPS) is 20.5. The van der Waals surface area contributed by atoms with Crippen molar-refractivity contribution < 1.29 is 9.90 Å². The second kappa shape index (κ2) is 9.49. The fourth-order valence-corrected chi connectivity index (χ4v) is 4.62. The van der Waals surface area contributed by atoms with Gasteiger partial charge >= 0.3 is 0 Å². The number of rotatable bonds is 5. The highest BCUT2D eigenvalue weighted by Gasteiger charge is 2.43. The minimum Gasteiger partial charge on any atom is -0.483 e. The highest BCUT2D eigenvalue weighted by atomic mass is 16.3. The third-order valence-corrected chi connectivity index (χ3v) is 5.93. The highest BCUT2D eigenvalue weighted by Crippen LogP contribution is 2.34. The Hall–Kier alpha value is -3.26. The van der Waals surface area contributed by atoms with E-state index in [1.54, 1.807) is 0 Å². The van der Waals surface area contributed by atoms with Crippen LogP contribution >= 0.6 is 0 Å². The Morgan fingerprint density at radius 1 is 0.967 bits per heavy atom. The summed E-state index contributed by atoms with van der Waals surface area (Å²) in [6.07, 6.45) is 3.48. The van der Waals surface area contributed by atoms with Gasteiger partial charge in [0.05, 0.1) is 5.69 Å². The molecule has 0 radical (unpaired) electrons. The van der Waals surface area contributed by atoms with Gasteiger partial charge in [-0.25, -0.2) is 0 Å². The Morgan fingerprint density at radius 3 is 2.37 bits per heavy atom.